The Kier molecular flexibility index (Phi) is 7.14. The van der Waals surface area contributed by atoms with Crippen molar-refractivity contribution in [2.24, 2.45) is 13.0 Å². The smallest absolute Gasteiger partial charge is 0.335 e. The largest absolute Gasteiger partial charge is 0.755 e. The average molecular weight is 472 g/mol. The minimum Gasteiger partial charge on any atom is -0.755 e. The van der Waals surface area contributed by atoms with E-state index in [-0.39, 0.29) is 11.3 Å². The van der Waals surface area contributed by atoms with Gasteiger partial charge in [0.2, 0.25) is 0 Å². The van der Waals surface area contributed by atoms with Crippen molar-refractivity contribution in [1.82, 2.24) is 4.57 Å². The molecule has 1 unspecified atom stereocenters. The normalized spacial score (nSPS) is 15.6. The molecular formula is C25H28FN2O4S-. The molecule has 2 aromatic carbocycles. The van der Waals surface area contributed by atoms with Gasteiger partial charge >= 0.3 is 5.97 Å². The monoisotopic (exact) mass is 471 g/mol. The molecule has 176 valence electrons. The van der Waals surface area contributed by atoms with Crippen molar-refractivity contribution >= 4 is 39.5 Å². The molecule has 4 rings (SSSR count). The van der Waals surface area contributed by atoms with Gasteiger partial charge in [0.05, 0.1) is 33.7 Å². The van der Waals surface area contributed by atoms with Crippen molar-refractivity contribution in [3.63, 3.8) is 0 Å². The number of benzene rings is 2. The molecule has 0 spiro atoms. The summed E-state index contributed by atoms with van der Waals surface area (Å²) < 4.78 is 41.9. The fourth-order valence-corrected chi connectivity index (χ4v) is 5.64. The fourth-order valence-electron chi connectivity index (χ4n) is 5.04. The lowest BCUT2D eigenvalue weighted by molar-refractivity contribution is 0.0697. The third kappa shape index (κ3) is 5.12. The lowest BCUT2D eigenvalue weighted by Crippen LogP contribution is -2.19. The van der Waals surface area contributed by atoms with E-state index in [0.717, 1.165) is 40.6 Å². The Morgan fingerprint density at radius 1 is 1.21 bits per heavy atom. The number of hydrogen-bond acceptors (Lipinski definition) is 3. The number of fused-ring (bicyclic) bond motifs is 1. The highest BCUT2D eigenvalue weighted by molar-refractivity contribution is 7.81. The molecule has 1 aliphatic carbocycles. The van der Waals surface area contributed by atoms with Crippen molar-refractivity contribution in [2.45, 2.75) is 51.4 Å². The lowest BCUT2D eigenvalue weighted by atomic mass is 9.85. The summed E-state index contributed by atoms with van der Waals surface area (Å²) in [6.07, 6.45) is 11.0. The Morgan fingerprint density at radius 2 is 1.91 bits per heavy atom. The van der Waals surface area contributed by atoms with E-state index in [1.54, 1.807) is 12.3 Å². The number of aromatic nitrogens is 1. The summed E-state index contributed by atoms with van der Waals surface area (Å²) in [5.41, 5.74) is 2.35. The standard InChI is InChI=1S/C25H29FN2O4S/c1-27-16-23(28(33(31)32)21-12-10-18(11-13-21)25(29)30)22-15-20(26)14-19(24(22)27)9-5-8-17-6-3-2-4-7-17/h10-17H,2-9H2,1H3,(H,29,30)(H,31,32)/p-1. The molecule has 1 saturated carbocycles. The minimum absolute atomic E-state index is 0.0552. The van der Waals surface area contributed by atoms with Gasteiger partial charge in [-0.15, -0.1) is 0 Å². The van der Waals surface area contributed by atoms with Crippen LogP contribution in [0.3, 0.4) is 0 Å². The molecule has 0 radical (unpaired) electrons. The van der Waals surface area contributed by atoms with E-state index in [9.17, 15) is 17.9 Å². The van der Waals surface area contributed by atoms with Crippen LogP contribution in [-0.2, 0) is 24.7 Å². The molecule has 3 aromatic rings. The highest BCUT2D eigenvalue weighted by atomic mass is 32.2. The van der Waals surface area contributed by atoms with E-state index >= 15 is 0 Å². The topological polar surface area (TPSA) is 85.6 Å². The number of carbonyl (C=O) groups is 1. The van der Waals surface area contributed by atoms with E-state index in [1.165, 1.54) is 62.4 Å². The molecule has 33 heavy (non-hydrogen) atoms. The Balaban J connectivity index is 1.67. The first-order valence-corrected chi connectivity index (χ1v) is 12.4. The molecule has 1 N–H and O–H groups in total. The number of halogens is 1. The SMILES string of the molecule is Cn1cc(N(c2ccc(C(=O)O)cc2)S(=O)[O-])c2cc(F)cc(CCCC3CCCCC3)c21. The summed E-state index contributed by atoms with van der Waals surface area (Å²) in [5, 5.41) is 9.63. The van der Waals surface area contributed by atoms with Crippen LogP contribution in [0, 0.1) is 11.7 Å². The molecule has 8 heteroatoms. The van der Waals surface area contributed by atoms with Gasteiger partial charge in [-0.3, -0.25) is 8.51 Å². The van der Waals surface area contributed by atoms with Crippen LogP contribution in [-0.4, -0.2) is 24.4 Å². The van der Waals surface area contributed by atoms with Gasteiger partial charge in [0, 0.05) is 18.6 Å². The molecule has 0 saturated heterocycles. The second-order valence-corrected chi connectivity index (χ2v) is 9.65. The van der Waals surface area contributed by atoms with Gasteiger partial charge in [0.1, 0.15) is 5.82 Å². The number of hydrogen-bond donors (Lipinski definition) is 1. The van der Waals surface area contributed by atoms with Gasteiger partial charge in [-0.25, -0.2) is 9.18 Å². The first-order valence-electron chi connectivity index (χ1n) is 11.4. The maximum Gasteiger partial charge on any atom is 0.335 e. The van der Waals surface area contributed by atoms with E-state index in [0.29, 0.717) is 11.1 Å². The van der Waals surface area contributed by atoms with Crippen LogP contribution in [0.1, 0.15) is 60.9 Å². The molecule has 1 atom stereocenters. The van der Waals surface area contributed by atoms with Gasteiger partial charge in [-0.2, -0.15) is 0 Å². The second kappa shape index (κ2) is 10.1. The summed E-state index contributed by atoms with van der Waals surface area (Å²) in [7, 11) is 1.83. The van der Waals surface area contributed by atoms with E-state index < -0.39 is 23.1 Å². The van der Waals surface area contributed by atoms with Crippen molar-refractivity contribution < 1.29 is 23.1 Å². The summed E-state index contributed by atoms with van der Waals surface area (Å²) in [4.78, 5) is 11.1. The van der Waals surface area contributed by atoms with Gasteiger partial charge < -0.3 is 14.2 Å². The number of anilines is 2. The van der Waals surface area contributed by atoms with E-state index in [2.05, 4.69) is 0 Å². The summed E-state index contributed by atoms with van der Waals surface area (Å²) in [6, 6.07) is 8.47. The second-order valence-electron chi connectivity index (χ2n) is 8.85. The summed E-state index contributed by atoms with van der Waals surface area (Å²) >= 11 is -2.69. The zero-order valence-electron chi connectivity index (χ0n) is 18.6. The van der Waals surface area contributed by atoms with E-state index in [4.69, 9.17) is 5.11 Å². The van der Waals surface area contributed by atoms with Gasteiger partial charge in [-0.05, 0) is 60.7 Å². The predicted octanol–water partition coefficient (Wildman–Crippen LogP) is 5.85. The van der Waals surface area contributed by atoms with Crippen molar-refractivity contribution in [2.75, 3.05) is 4.31 Å². The third-order valence-corrected chi connectivity index (χ3v) is 7.30. The maximum atomic E-state index is 14.6. The third-order valence-electron chi connectivity index (χ3n) is 6.60. The Morgan fingerprint density at radius 3 is 2.55 bits per heavy atom. The number of nitrogens with zero attached hydrogens (tertiary/aromatic N) is 2. The number of aryl methyl sites for hydroxylation is 2. The Hall–Kier alpha value is -2.71. The quantitative estimate of drug-likeness (QED) is 0.418. The van der Waals surface area contributed by atoms with Gasteiger partial charge in [0.15, 0.2) is 0 Å². The molecular weight excluding hydrogens is 443 g/mol. The molecule has 6 nitrogen and oxygen atoms in total. The van der Waals surface area contributed by atoms with Crippen LogP contribution in [0.25, 0.3) is 10.9 Å². The Bertz CT molecular complexity index is 1170. The number of carboxylic acids is 1. The molecule has 0 amide bonds. The molecule has 0 bridgehead atoms. The zero-order valence-corrected chi connectivity index (χ0v) is 19.4. The molecule has 0 aliphatic heterocycles. The number of aromatic carboxylic acids is 1. The van der Waals surface area contributed by atoms with Crippen molar-refractivity contribution in [1.29, 1.82) is 0 Å². The number of carboxylic acid groups (broad SMARTS) is 1. The van der Waals surface area contributed by atoms with E-state index in [1.807, 2.05) is 11.6 Å². The molecule has 1 fully saturated rings. The maximum absolute atomic E-state index is 14.6. The van der Waals surface area contributed by atoms with Gasteiger partial charge in [0.25, 0.3) is 0 Å². The van der Waals surface area contributed by atoms with Crippen LogP contribution in [0.15, 0.2) is 42.6 Å². The van der Waals surface area contributed by atoms with Crippen LogP contribution < -0.4 is 4.31 Å². The van der Waals surface area contributed by atoms with Crippen molar-refractivity contribution in [3.8, 4) is 0 Å². The summed E-state index contributed by atoms with van der Waals surface area (Å²) in [6.45, 7) is 0. The predicted molar refractivity (Wildman–Crippen MR) is 127 cm³/mol. The van der Waals surface area contributed by atoms with Crippen LogP contribution >= 0.6 is 0 Å². The zero-order chi connectivity index (χ0) is 23.5. The van der Waals surface area contributed by atoms with Crippen LogP contribution in [0.5, 0.6) is 0 Å². The fraction of sp³-hybridized carbons (Fsp3) is 0.400. The molecule has 1 heterocycles. The van der Waals surface area contributed by atoms with Crippen molar-refractivity contribution in [3.05, 3.63) is 59.5 Å². The Labute approximate surface area is 195 Å². The lowest BCUT2D eigenvalue weighted by Gasteiger charge is -2.26. The molecule has 1 aromatic heterocycles. The molecule has 1 aliphatic rings. The minimum atomic E-state index is -2.69. The van der Waals surface area contributed by atoms with Crippen LogP contribution in [0.4, 0.5) is 15.8 Å². The highest BCUT2D eigenvalue weighted by Gasteiger charge is 2.20. The van der Waals surface area contributed by atoms with Crippen LogP contribution in [0.2, 0.25) is 0 Å². The number of rotatable bonds is 8. The van der Waals surface area contributed by atoms with Gasteiger partial charge in [-0.1, -0.05) is 38.5 Å². The summed E-state index contributed by atoms with van der Waals surface area (Å²) in [5.74, 6) is -0.749. The first kappa shape index (κ1) is 23.4. The first-order chi connectivity index (χ1) is 15.8. The average Bonchev–Trinajstić information content (AvgIpc) is 3.10. The highest BCUT2D eigenvalue weighted by Crippen LogP contribution is 2.37.